The number of carbonyl (C=O) groups is 3. The minimum atomic E-state index is -6.08. The van der Waals surface area contributed by atoms with Crippen LogP contribution in [0, 0.1) is 48.2 Å². The van der Waals surface area contributed by atoms with Gasteiger partial charge in [0.05, 0.1) is 15.4 Å². The van der Waals surface area contributed by atoms with Gasteiger partial charge in [0.2, 0.25) is 0 Å². The van der Waals surface area contributed by atoms with E-state index in [1.165, 1.54) is 0 Å². The van der Waals surface area contributed by atoms with Gasteiger partial charge in [-0.05, 0) is 93.6 Å². The van der Waals surface area contributed by atoms with Crippen LogP contribution in [0.3, 0.4) is 0 Å². The van der Waals surface area contributed by atoms with E-state index in [2.05, 4.69) is 45.2 Å². The van der Waals surface area contributed by atoms with Gasteiger partial charge in [-0.15, -0.1) is 0 Å². The molecular formula is C19H15F2I3O9S. The van der Waals surface area contributed by atoms with Crippen molar-refractivity contribution < 1.29 is 50.3 Å². The van der Waals surface area contributed by atoms with Gasteiger partial charge in [0, 0.05) is 24.5 Å². The monoisotopic (exact) mass is 838 g/mol. The topological polar surface area (TPSA) is 133 Å². The van der Waals surface area contributed by atoms with Gasteiger partial charge in [-0.25, -0.2) is 4.79 Å². The smallest absolute Gasteiger partial charge is 0.458 e. The van der Waals surface area contributed by atoms with Crippen LogP contribution in [0.15, 0.2) is 0 Å². The molecule has 1 aromatic rings. The van der Waals surface area contributed by atoms with E-state index in [-0.39, 0.29) is 6.42 Å². The molecule has 0 amide bonds. The Balaban J connectivity index is 1.64. The molecule has 2 aliphatic carbocycles. The summed E-state index contributed by atoms with van der Waals surface area (Å²) in [5.41, 5.74) is 1.60. The first-order valence-electron chi connectivity index (χ1n) is 9.71. The summed E-state index contributed by atoms with van der Waals surface area (Å²) in [6.07, 6.45) is -2.41. The highest BCUT2D eigenvalue weighted by Gasteiger charge is 2.71. The molecular weight excluding hydrogens is 823 g/mol. The first-order valence-corrected chi connectivity index (χ1v) is 14.4. The van der Waals surface area contributed by atoms with Crippen molar-refractivity contribution in [1.82, 2.24) is 0 Å². The third kappa shape index (κ3) is 3.94. The van der Waals surface area contributed by atoms with E-state index in [0.717, 1.165) is 12.7 Å². The van der Waals surface area contributed by atoms with E-state index in [0.29, 0.717) is 14.9 Å². The van der Waals surface area contributed by atoms with Crippen LogP contribution >= 0.6 is 67.8 Å². The van der Waals surface area contributed by atoms with Crippen molar-refractivity contribution in [2.45, 2.75) is 37.7 Å². The van der Waals surface area contributed by atoms with Gasteiger partial charge in [0.25, 0.3) is 0 Å². The molecule has 9 nitrogen and oxygen atoms in total. The van der Waals surface area contributed by atoms with Crippen molar-refractivity contribution in [1.29, 1.82) is 0 Å². The Bertz CT molecular complexity index is 1210. The van der Waals surface area contributed by atoms with Crippen molar-refractivity contribution in [2.75, 3.05) is 0 Å². The number of esters is 3. The van der Waals surface area contributed by atoms with Gasteiger partial charge < -0.3 is 14.2 Å². The van der Waals surface area contributed by atoms with Crippen LogP contribution in [-0.4, -0.2) is 48.3 Å². The zero-order chi connectivity index (χ0) is 25.5. The summed E-state index contributed by atoms with van der Waals surface area (Å²) in [6.45, 7) is 3.64. The summed E-state index contributed by atoms with van der Waals surface area (Å²) >= 11 is 6.36. The van der Waals surface area contributed by atoms with Crippen molar-refractivity contribution >= 4 is 95.8 Å². The molecule has 6 atom stereocenters. The molecule has 2 bridgehead atoms. The fraction of sp³-hybridized carbons (Fsp3) is 0.526. The molecule has 15 heteroatoms. The number of fused-ring (bicyclic) bond motifs is 1. The molecule has 6 unspecified atom stereocenters. The SMILES string of the molecule is Cc1c(I)c(I)c(C)c(OC(=O)C2C3CC4C(OC(=O)C42)C3OC(=O)C(F)(F)S(=O)(=O)O)c1I. The second-order valence-electron chi connectivity index (χ2n) is 8.32. The largest absolute Gasteiger partial charge is 0.465 e. The second kappa shape index (κ2) is 8.86. The lowest BCUT2D eigenvalue weighted by Crippen LogP contribution is -2.48. The van der Waals surface area contributed by atoms with Crippen molar-refractivity contribution in [3.05, 3.63) is 21.8 Å². The maximum absolute atomic E-state index is 13.8. The van der Waals surface area contributed by atoms with E-state index in [1.807, 2.05) is 29.5 Å². The Morgan fingerprint density at radius 1 is 1.09 bits per heavy atom. The molecule has 1 N–H and O–H groups in total. The fourth-order valence-electron chi connectivity index (χ4n) is 4.92. The van der Waals surface area contributed by atoms with E-state index in [4.69, 9.17) is 18.8 Å². The number of alkyl halides is 2. The minimum Gasteiger partial charge on any atom is -0.458 e. The summed E-state index contributed by atoms with van der Waals surface area (Å²) in [4.78, 5) is 37.6. The highest BCUT2D eigenvalue weighted by Crippen LogP contribution is 2.59. The lowest BCUT2D eigenvalue weighted by Gasteiger charge is -2.31. The first kappa shape index (κ1) is 26.6. The van der Waals surface area contributed by atoms with Crippen molar-refractivity contribution in [3.8, 4) is 5.75 Å². The van der Waals surface area contributed by atoms with Gasteiger partial charge in [-0.3, -0.25) is 14.1 Å². The predicted octanol–water partition coefficient (Wildman–Crippen LogP) is 3.22. The molecule has 34 heavy (non-hydrogen) atoms. The summed E-state index contributed by atoms with van der Waals surface area (Å²) in [5, 5.41) is -5.21. The zero-order valence-electron chi connectivity index (χ0n) is 17.2. The van der Waals surface area contributed by atoms with Crippen molar-refractivity contribution in [3.63, 3.8) is 0 Å². The molecule has 0 radical (unpaired) electrons. The van der Waals surface area contributed by atoms with Crippen LogP contribution in [0.1, 0.15) is 17.5 Å². The first-order chi connectivity index (χ1) is 15.6. The number of halogens is 5. The number of rotatable bonds is 5. The Kier molecular flexibility index (Phi) is 6.94. The Morgan fingerprint density at radius 3 is 2.26 bits per heavy atom. The van der Waals surface area contributed by atoms with Gasteiger partial charge >= 0.3 is 33.3 Å². The fourth-order valence-corrected chi connectivity index (χ4v) is 7.80. The van der Waals surface area contributed by atoms with E-state index in [9.17, 15) is 31.6 Å². The molecule has 1 heterocycles. The average Bonchev–Trinajstić information content (AvgIpc) is 3.36. The highest BCUT2D eigenvalue weighted by molar-refractivity contribution is 14.1. The number of carbonyl (C=O) groups excluding carboxylic acids is 3. The molecule has 3 fully saturated rings. The van der Waals surface area contributed by atoms with Crippen LogP contribution in [-0.2, 0) is 34.0 Å². The lowest BCUT2D eigenvalue weighted by atomic mass is 9.78. The van der Waals surface area contributed by atoms with E-state index < -0.39 is 69.2 Å². The molecule has 1 aliphatic heterocycles. The number of hydrogen-bond acceptors (Lipinski definition) is 8. The standard InChI is InChI=1S/C19H15F2I3O9S/c1-4-10(22)11(23)5(2)13(12(4)24)31-16(25)9-7-3-6-8(9)17(26)32-14(6)15(7)33-18(27)19(20,21)34(28,29)30/h6-9,14-15H,3H2,1-2H3,(H,28,29,30). The number of hydrogen-bond donors (Lipinski definition) is 1. The van der Waals surface area contributed by atoms with Gasteiger partial charge in [0.15, 0.2) is 0 Å². The molecule has 1 saturated heterocycles. The third-order valence-corrected chi connectivity index (χ3v) is 12.4. The molecule has 2 saturated carbocycles. The average molecular weight is 838 g/mol. The van der Waals surface area contributed by atoms with Gasteiger partial charge in [0.1, 0.15) is 18.0 Å². The molecule has 3 aliphatic rings. The van der Waals surface area contributed by atoms with E-state index >= 15 is 0 Å². The minimum absolute atomic E-state index is 0.162. The van der Waals surface area contributed by atoms with E-state index in [1.54, 1.807) is 6.92 Å². The summed E-state index contributed by atoms with van der Waals surface area (Å²) in [7, 11) is -6.08. The van der Waals surface area contributed by atoms with Gasteiger partial charge in [-0.1, -0.05) is 0 Å². The summed E-state index contributed by atoms with van der Waals surface area (Å²) in [5.74, 6) is -7.23. The Labute approximate surface area is 233 Å². The lowest BCUT2D eigenvalue weighted by molar-refractivity contribution is -0.178. The molecule has 0 spiro atoms. The summed E-state index contributed by atoms with van der Waals surface area (Å²) in [6, 6.07) is 0. The van der Waals surface area contributed by atoms with Crippen LogP contribution in [0.25, 0.3) is 0 Å². The third-order valence-electron chi connectivity index (χ3n) is 6.55. The highest BCUT2D eigenvalue weighted by atomic mass is 127. The molecule has 186 valence electrons. The Hall–Kier alpha value is -0.410. The molecule has 4 rings (SSSR count). The van der Waals surface area contributed by atoms with Crippen LogP contribution in [0.2, 0.25) is 0 Å². The van der Waals surface area contributed by atoms with Crippen molar-refractivity contribution in [2.24, 2.45) is 23.7 Å². The van der Waals surface area contributed by atoms with Crippen LogP contribution < -0.4 is 4.74 Å². The van der Waals surface area contributed by atoms with Crippen LogP contribution in [0.5, 0.6) is 5.75 Å². The second-order valence-corrected chi connectivity index (χ2v) is 13.0. The maximum Gasteiger partial charge on any atom is 0.465 e. The van der Waals surface area contributed by atoms with Crippen LogP contribution in [0.4, 0.5) is 8.78 Å². The molecule has 0 aromatic heterocycles. The Morgan fingerprint density at radius 2 is 1.68 bits per heavy atom. The molecule has 1 aromatic carbocycles. The number of ether oxygens (including phenoxy) is 3. The maximum atomic E-state index is 13.8. The number of benzene rings is 1. The van der Waals surface area contributed by atoms with Gasteiger partial charge in [-0.2, -0.15) is 17.2 Å². The predicted molar refractivity (Wildman–Crippen MR) is 135 cm³/mol. The quantitative estimate of drug-likeness (QED) is 0.156. The summed E-state index contributed by atoms with van der Waals surface area (Å²) < 4.78 is 76.2. The zero-order valence-corrected chi connectivity index (χ0v) is 24.5. The normalized spacial score (nSPS) is 29.8.